The van der Waals surface area contributed by atoms with Gasteiger partial charge in [0.15, 0.2) is 0 Å². The SMILES string of the molecule is CCCCn1c(C(=O)N2CCC(C(=O)OCC)CC2)c(C)c2ccccc21. The Balaban J connectivity index is 1.84. The zero-order valence-corrected chi connectivity index (χ0v) is 16.7. The number of fused-ring (bicyclic) bond motifs is 1. The topological polar surface area (TPSA) is 51.5 Å². The molecule has 0 aliphatic carbocycles. The predicted octanol–water partition coefficient (Wildman–Crippen LogP) is 4.17. The van der Waals surface area contributed by atoms with Crippen molar-refractivity contribution in [1.29, 1.82) is 0 Å². The Morgan fingerprint density at radius 2 is 1.85 bits per heavy atom. The first-order valence-corrected chi connectivity index (χ1v) is 10.1. The van der Waals surface area contributed by atoms with Crippen molar-refractivity contribution in [2.45, 2.75) is 53.0 Å². The summed E-state index contributed by atoms with van der Waals surface area (Å²) in [5, 5.41) is 1.15. The third-order valence-corrected chi connectivity index (χ3v) is 5.56. The van der Waals surface area contributed by atoms with Gasteiger partial charge < -0.3 is 14.2 Å². The molecule has 1 amide bonds. The quantitative estimate of drug-likeness (QED) is 0.717. The third kappa shape index (κ3) is 3.87. The van der Waals surface area contributed by atoms with E-state index in [-0.39, 0.29) is 17.8 Å². The monoisotopic (exact) mass is 370 g/mol. The van der Waals surface area contributed by atoms with Crippen LogP contribution in [-0.2, 0) is 16.1 Å². The molecule has 0 atom stereocenters. The molecule has 1 fully saturated rings. The Kier molecular flexibility index (Phi) is 6.19. The number of nitrogens with zero attached hydrogens (tertiary/aromatic N) is 2. The van der Waals surface area contributed by atoms with E-state index in [2.05, 4.69) is 23.6 Å². The molecule has 1 aliphatic heterocycles. The first-order valence-electron chi connectivity index (χ1n) is 10.1. The molecule has 27 heavy (non-hydrogen) atoms. The van der Waals surface area contributed by atoms with E-state index in [9.17, 15) is 9.59 Å². The van der Waals surface area contributed by atoms with Crippen molar-refractivity contribution in [3.05, 3.63) is 35.5 Å². The molecule has 0 radical (unpaired) electrons. The fourth-order valence-corrected chi connectivity index (χ4v) is 4.03. The number of piperidine rings is 1. The van der Waals surface area contributed by atoms with E-state index >= 15 is 0 Å². The maximum Gasteiger partial charge on any atom is 0.309 e. The van der Waals surface area contributed by atoms with Crippen LogP contribution in [0.4, 0.5) is 0 Å². The lowest BCUT2D eigenvalue weighted by atomic mass is 9.96. The van der Waals surface area contributed by atoms with Gasteiger partial charge in [0.1, 0.15) is 5.69 Å². The zero-order chi connectivity index (χ0) is 19.4. The number of ether oxygens (including phenoxy) is 1. The number of carbonyl (C=O) groups excluding carboxylic acids is 2. The van der Waals surface area contributed by atoms with Gasteiger partial charge in [-0.05, 0) is 44.7 Å². The number of para-hydroxylation sites is 1. The number of rotatable bonds is 6. The van der Waals surface area contributed by atoms with Gasteiger partial charge in [0, 0.05) is 30.5 Å². The molecule has 1 saturated heterocycles. The lowest BCUT2D eigenvalue weighted by Gasteiger charge is -2.31. The van der Waals surface area contributed by atoms with Crippen LogP contribution < -0.4 is 0 Å². The number of aromatic nitrogens is 1. The molecule has 0 saturated carbocycles. The van der Waals surface area contributed by atoms with Crippen molar-refractivity contribution in [3.8, 4) is 0 Å². The summed E-state index contributed by atoms with van der Waals surface area (Å²) in [6.45, 7) is 8.52. The van der Waals surface area contributed by atoms with E-state index in [1.54, 1.807) is 0 Å². The number of amides is 1. The molecule has 3 rings (SSSR count). The summed E-state index contributed by atoms with van der Waals surface area (Å²) in [6.07, 6.45) is 3.49. The average Bonchev–Trinajstić information content (AvgIpc) is 2.98. The number of unbranched alkanes of at least 4 members (excludes halogenated alkanes) is 1. The molecule has 0 N–H and O–H groups in total. The summed E-state index contributed by atoms with van der Waals surface area (Å²) in [7, 11) is 0. The van der Waals surface area contributed by atoms with Crippen LogP contribution >= 0.6 is 0 Å². The van der Waals surface area contributed by atoms with Crippen molar-refractivity contribution in [3.63, 3.8) is 0 Å². The highest BCUT2D eigenvalue weighted by Gasteiger charge is 2.31. The number of benzene rings is 1. The smallest absolute Gasteiger partial charge is 0.309 e. The van der Waals surface area contributed by atoms with Gasteiger partial charge in [-0.15, -0.1) is 0 Å². The summed E-state index contributed by atoms with van der Waals surface area (Å²) in [5.41, 5.74) is 2.99. The van der Waals surface area contributed by atoms with E-state index in [1.807, 2.05) is 30.9 Å². The molecule has 0 bridgehead atoms. The van der Waals surface area contributed by atoms with Gasteiger partial charge in [0.25, 0.3) is 5.91 Å². The van der Waals surface area contributed by atoms with Crippen molar-refractivity contribution in [1.82, 2.24) is 9.47 Å². The maximum absolute atomic E-state index is 13.4. The van der Waals surface area contributed by atoms with Crippen LogP contribution in [0.5, 0.6) is 0 Å². The van der Waals surface area contributed by atoms with Gasteiger partial charge in [-0.1, -0.05) is 31.5 Å². The summed E-state index contributed by atoms with van der Waals surface area (Å²) in [4.78, 5) is 27.2. The number of hydrogen-bond donors (Lipinski definition) is 0. The summed E-state index contributed by atoms with van der Waals surface area (Å²) >= 11 is 0. The Bertz CT molecular complexity index is 816. The van der Waals surface area contributed by atoms with Crippen LogP contribution in [0.3, 0.4) is 0 Å². The van der Waals surface area contributed by atoms with Crippen LogP contribution in [0.25, 0.3) is 10.9 Å². The van der Waals surface area contributed by atoms with Gasteiger partial charge in [-0.3, -0.25) is 9.59 Å². The van der Waals surface area contributed by atoms with Gasteiger partial charge in [-0.2, -0.15) is 0 Å². The zero-order valence-electron chi connectivity index (χ0n) is 16.7. The van der Waals surface area contributed by atoms with Gasteiger partial charge >= 0.3 is 5.97 Å². The van der Waals surface area contributed by atoms with E-state index in [1.165, 1.54) is 0 Å². The van der Waals surface area contributed by atoms with E-state index in [0.29, 0.717) is 32.5 Å². The molecule has 2 aromatic rings. The Morgan fingerprint density at radius 3 is 2.52 bits per heavy atom. The summed E-state index contributed by atoms with van der Waals surface area (Å²) in [5.74, 6) is -0.124. The van der Waals surface area contributed by atoms with Gasteiger partial charge in [-0.25, -0.2) is 0 Å². The maximum atomic E-state index is 13.4. The van der Waals surface area contributed by atoms with E-state index in [4.69, 9.17) is 4.74 Å². The minimum Gasteiger partial charge on any atom is -0.466 e. The third-order valence-electron chi connectivity index (χ3n) is 5.56. The van der Waals surface area contributed by atoms with Gasteiger partial charge in [0.2, 0.25) is 0 Å². The molecule has 1 aromatic heterocycles. The lowest BCUT2D eigenvalue weighted by molar-refractivity contribution is -0.149. The second kappa shape index (κ2) is 8.59. The van der Waals surface area contributed by atoms with Crippen LogP contribution in [0.2, 0.25) is 0 Å². The second-order valence-electron chi connectivity index (χ2n) is 7.31. The molecule has 146 valence electrons. The minimum atomic E-state index is -0.127. The Labute approximate surface area is 161 Å². The number of aryl methyl sites for hydroxylation is 2. The fourth-order valence-electron chi connectivity index (χ4n) is 4.03. The molecule has 0 spiro atoms. The number of carbonyl (C=O) groups is 2. The number of hydrogen-bond acceptors (Lipinski definition) is 3. The minimum absolute atomic E-state index is 0.0824. The van der Waals surface area contributed by atoms with Crippen molar-refractivity contribution < 1.29 is 14.3 Å². The highest BCUT2D eigenvalue weighted by atomic mass is 16.5. The Hall–Kier alpha value is -2.30. The van der Waals surface area contributed by atoms with Crippen molar-refractivity contribution in [2.24, 2.45) is 5.92 Å². The molecular formula is C22H30N2O3. The highest BCUT2D eigenvalue weighted by Crippen LogP contribution is 2.29. The average molecular weight is 370 g/mol. The van der Waals surface area contributed by atoms with Crippen LogP contribution in [0.1, 0.15) is 55.6 Å². The largest absolute Gasteiger partial charge is 0.466 e. The van der Waals surface area contributed by atoms with Crippen LogP contribution in [-0.4, -0.2) is 41.0 Å². The van der Waals surface area contributed by atoms with Crippen LogP contribution in [0, 0.1) is 12.8 Å². The predicted molar refractivity (Wildman–Crippen MR) is 107 cm³/mol. The molecule has 1 aromatic carbocycles. The van der Waals surface area contributed by atoms with Crippen molar-refractivity contribution in [2.75, 3.05) is 19.7 Å². The Morgan fingerprint density at radius 1 is 1.15 bits per heavy atom. The fraction of sp³-hybridized carbons (Fsp3) is 0.545. The van der Waals surface area contributed by atoms with Crippen LogP contribution in [0.15, 0.2) is 24.3 Å². The van der Waals surface area contributed by atoms with E-state index < -0.39 is 0 Å². The molecule has 1 aliphatic rings. The number of likely N-dealkylation sites (tertiary alicyclic amines) is 1. The molecule has 5 heteroatoms. The molecule has 2 heterocycles. The number of esters is 1. The first kappa shape index (κ1) is 19.5. The summed E-state index contributed by atoms with van der Waals surface area (Å²) in [6, 6.07) is 8.25. The normalized spacial score (nSPS) is 15.3. The summed E-state index contributed by atoms with van der Waals surface area (Å²) < 4.78 is 7.33. The highest BCUT2D eigenvalue weighted by molar-refractivity contribution is 6.01. The van der Waals surface area contributed by atoms with Crippen molar-refractivity contribution >= 4 is 22.8 Å². The second-order valence-corrected chi connectivity index (χ2v) is 7.31. The molecule has 5 nitrogen and oxygen atoms in total. The lowest BCUT2D eigenvalue weighted by Crippen LogP contribution is -2.41. The van der Waals surface area contributed by atoms with E-state index in [0.717, 1.165) is 41.5 Å². The standard InChI is InChI=1S/C22H30N2O3/c1-4-6-13-24-19-10-8-7-9-18(19)16(3)20(24)21(25)23-14-11-17(12-15-23)22(26)27-5-2/h7-10,17H,4-6,11-15H2,1-3H3. The molecular weight excluding hydrogens is 340 g/mol. The van der Waals surface area contributed by atoms with Gasteiger partial charge in [0.05, 0.1) is 12.5 Å². The molecule has 0 unspecified atom stereocenters. The first-order chi connectivity index (χ1) is 13.1.